The first-order chi connectivity index (χ1) is 10.1. The molecule has 2 aromatic rings. The van der Waals surface area contributed by atoms with Gasteiger partial charge >= 0.3 is 0 Å². The van der Waals surface area contributed by atoms with E-state index in [-0.39, 0.29) is 18.6 Å². The zero-order chi connectivity index (χ0) is 14.8. The van der Waals surface area contributed by atoms with E-state index in [1.54, 1.807) is 6.20 Å². The number of carbonyl (C=O) groups excluding carboxylic acids is 1. The summed E-state index contributed by atoms with van der Waals surface area (Å²) in [6, 6.07) is 9.67. The van der Waals surface area contributed by atoms with Gasteiger partial charge in [-0.3, -0.25) is 4.79 Å². The third-order valence-corrected chi connectivity index (χ3v) is 3.70. The first-order valence-corrected chi connectivity index (χ1v) is 7.36. The van der Waals surface area contributed by atoms with Crippen LogP contribution in [-0.2, 0) is 4.79 Å². The van der Waals surface area contributed by atoms with Gasteiger partial charge in [-0.05, 0) is 52.7 Å². The SMILES string of the molecule is C[C@@H](Nc1ccc(Br)cn1)c1ccc2c(c1)NC(=O)CO2. The predicted molar refractivity (Wildman–Crippen MR) is 84.5 cm³/mol. The highest BCUT2D eigenvalue weighted by molar-refractivity contribution is 9.10. The fraction of sp³-hybridized carbons (Fsp3) is 0.200. The van der Waals surface area contributed by atoms with E-state index in [9.17, 15) is 4.79 Å². The molecule has 0 unspecified atom stereocenters. The third kappa shape index (κ3) is 3.16. The van der Waals surface area contributed by atoms with Crippen LogP contribution in [0, 0.1) is 0 Å². The Hall–Kier alpha value is -2.08. The number of aromatic nitrogens is 1. The van der Waals surface area contributed by atoms with E-state index in [1.807, 2.05) is 37.3 Å². The zero-order valence-electron chi connectivity index (χ0n) is 11.4. The Bertz CT molecular complexity index is 673. The maximum absolute atomic E-state index is 11.4. The molecule has 0 radical (unpaired) electrons. The van der Waals surface area contributed by atoms with Crippen LogP contribution in [0.3, 0.4) is 0 Å². The number of hydrogen-bond donors (Lipinski definition) is 2. The zero-order valence-corrected chi connectivity index (χ0v) is 13.0. The number of carbonyl (C=O) groups is 1. The fourth-order valence-electron chi connectivity index (χ4n) is 2.14. The normalized spacial score (nSPS) is 14.7. The van der Waals surface area contributed by atoms with E-state index in [0.717, 1.165) is 15.9 Å². The van der Waals surface area contributed by atoms with Crippen LogP contribution < -0.4 is 15.4 Å². The molecule has 1 aliphatic rings. The summed E-state index contributed by atoms with van der Waals surface area (Å²) >= 11 is 3.36. The molecule has 21 heavy (non-hydrogen) atoms. The van der Waals surface area contributed by atoms with E-state index in [0.29, 0.717) is 11.4 Å². The van der Waals surface area contributed by atoms with Crippen molar-refractivity contribution in [2.45, 2.75) is 13.0 Å². The summed E-state index contributed by atoms with van der Waals surface area (Å²) in [4.78, 5) is 15.7. The minimum atomic E-state index is -0.130. The van der Waals surface area contributed by atoms with Crippen molar-refractivity contribution in [3.05, 3.63) is 46.6 Å². The number of nitrogens with zero attached hydrogens (tertiary/aromatic N) is 1. The number of hydrogen-bond acceptors (Lipinski definition) is 4. The summed E-state index contributed by atoms with van der Waals surface area (Å²) < 4.78 is 6.29. The molecule has 2 N–H and O–H groups in total. The number of pyridine rings is 1. The topological polar surface area (TPSA) is 63.2 Å². The second kappa shape index (κ2) is 5.73. The van der Waals surface area contributed by atoms with Gasteiger partial charge in [-0.25, -0.2) is 4.98 Å². The number of halogens is 1. The minimum absolute atomic E-state index is 0.0582. The maximum Gasteiger partial charge on any atom is 0.262 e. The Morgan fingerprint density at radius 1 is 1.38 bits per heavy atom. The third-order valence-electron chi connectivity index (χ3n) is 3.23. The molecule has 1 aromatic heterocycles. The van der Waals surface area contributed by atoms with Gasteiger partial charge in [0.1, 0.15) is 11.6 Å². The summed E-state index contributed by atoms with van der Waals surface area (Å²) in [7, 11) is 0. The number of amides is 1. The average molecular weight is 348 g/mol. The van der Waals surface area contributed by atoms with Gasteiger partial charge in [0.15, 0.2) is 6.61 Å². The van der Waals surface area contributed by atoms with Crippen LogP contribution in [0.4, 0.5) is 11.5 Å². The van der Waals surface area contributed by atoms with E-state index < -0.39 is 0 Å². The molecule has 0 bridgehead atoms. The highest BCUT2D eigenvalue weighted by Crippen LogP contribution is 2.31. The molecule has 1 amide bonds. The summed E-state index contributed by atoms with van der Waals surface area (Å²) in [6.07, 6.45) is 1.75. The molecule has 1 aromatic carbocycles. The lowest BCUT2D eigenvalue weighted by Gasteiger charge is -2.21. The van der Waals surface area contributed by atoms with Crippen molar-refractivity contribution < 1.29 is 9.53 Å². The summed E-state index contributed by atoms with van der Waals surface area (Å²) in [5.41, 5.74) is 1.76. The molecule has 1 aliphatic heterocycles. The Morgan fingerprint density at radius 2 is 2.24 bits per heavy atom. The van der Waals surface area contributed by atoms with Crippen molar-refractivity contribution in [1.29, 1.82) is 0 Å². The molecule has 0 saturated heterocycles. The van der Waals surface area contributed by atoms with Gasteiger partial charge in [0.25, 0.3) is 5.91 Å². The molecular weight excluding hydrogens is 334 g/mol. The van der Waals surface area contributed by atoms with Gasteiger partial charge in [0, 0.05) is 10.7 Å². The molecule has 3 rings (SSSR count). The number of fused-ring (bicyclic) bond motifs is 1. The molecule has 5 nitrogen and oxygen atoms in total. The molecule has 2 heterocycles. The van der Waals surface area contributed by atoms with Crippen LogP contribution in [0.15, 0.2) is 41.0 Å². The monoisotopic (exact) mass is 347 g/mol. The second-order valence-electron chi connectivity index (χ2n) is 4.82. The lowest BCUT2D eigenvalue weighted by atomic mass is 10.1. The Labute approximate surface area is 130 Å². The highest BCUT2D eigenvalue weighted by Gasteiger charge is 2.17. The molecule has 0 fully saturated rings. The van der Waals surface area contributed by atoms with E-state index in [4.69, 9.17) is 4.74 Å². The Balaban J connectivity index is 1.78. The van der Waals surface area contributed by atoms with E-state index in [1.165, 1.54) is 0 Å². The number of anilines is 2. The molecule has 1 atom stereocenters. The largest absolute Gasteiger partial charge is 0.482 e. The van der Waals surface area contributed by atoms with Crippen molar-refractivity contribution in [2.24, 2.45) is 0 Å². The van der Waals surface area contributed by atoms with Crippen LogP contribution in [0.1, 0.15) is 18.5 Å². The summed E-state index contributed by atoms with van der Waals surface area (Å²) in [5.74, 6) is 1.37. The van der Waals surface area contributed by atoms with Gasteiger partial charge in [-0.1, -0.05) is 6.07 Å². The van der Waals surface area contributed by atoms with Crippen molar-refractivity contribution in [3.63, 3.8) is 0 Å². The van der Waals surface area contributed by atoms with Gasteiger partial charge in [0.05, 0.1) is 11.7 Å². The first kappa shape index (κ1) is 13.9. The quantitative estimate of drug-likeness (QED) is 0.893. The van der Waals surface area contributed by atoms with Crippen LogP contribution in [0.2, 0.25) is 0 Å². The summed E-state index contributed by atoms with van der Waals surface area (Å²) in [5, 5.41) is 6.13. The van der Waals surface area contributed by atoms with Crippen molar-refractivity contribution in [1.82, 2.24) is 4.98 Å². The van der Waals surface area contributed by atoms with Gasteiger partial charge in [-0.2, -0.15) is 0 Å². The molecule has 6 heteroatoms. The highest BCUT2D eigenvalue weighted by atomic mass is 79.9. The Morgan fingerprint density at radius 3 is 3.00 bits per heavy atom. The molecular formula is C15H14BrN3O2. The minimum Gasteiger partial charge on any atom is -0.482 e. The van der Waals surface area contributed by atoms with Crippen molar-refractivity contribution in [2.75, 3.05) is 17.2 Å². The maximum atomic E-state index is 11.4. The van der Waals surface area contributed by atoms with Crippen LogP contribution in [0.5, 0.6) is 5.75 Å². The number of rotatable bonds is 3. The van der Waals surface area contributed by atoms with E-state index in [2.05, 4.69) is 31.5 Å². The Kier molecular flexibility index (Phi) is 3.79. The number of ether oxygens (including phenoxy) is 1. The van der Waals surface area contributed by atoms with Crippen molar-refractivity contribution in [3.8, 4) is 5.75 Å². The average Bonchev–Trinajstić information content (AvgIpc) is 2.48. The van der Waals surface area contributed by atoms with Crippen molar-refractivity contribution >= 4 is 33.3 Å². The number of benzene rings is 1. The standard InChI is InChI=1S/C15H14BrN3O2/c1-9(18-14-5-3-11(16)7-17-14)10-2-4-13-12(6-10)19-15(20)8-21-13/h2-7,9H,8H2,1H3,(H,17,18)(H,19,20)/t9-/m1/s1. The van der Waals surface area contributed by atoms with Crippen LogP contribution >= 0.6 is 15.9 Å². The first-order valence-electron chi connectivity index (χ1n) is 6.56. The lowest BCUT2D eigenvalue weighted by molar-refractivity contribution is -0.118. The van der Waals surface area contributed by atoms with E-state index >= 15 is 0 Å². The number of nitrogens with one attached hydrogen (secondary N) is 2. The molecule has 0 aliphatic carbocycles. The molecule has 0 saturated carbocycles. The predicted octanol–water partition coefficient (Wildman–Crippen LogP) is 3.35. The lowest BCUT2D eigenvalue weighted by Crippen LogP contribution is -2.25. The second-order valence-corrected chi connectivity index (χ2v) is 5.74. The summed E-state index contributed by atoms with van der Waals surface area (Å²) in [6.45, 7) is 2.11. The molecule has 108 valence electrons. The van der Waals surface area contributed by atoms with Gasteiger partial charge in [0.2, 0.25) is 0 Å². The van der Waals surface area contributed by atoms with Crippen LogP contribution in [-0.4, -0.2) is 17.5 Å². The van der Waals surface area contributed by atoms with Gasteiger partial charge < -0.3 is 15.4 Å². The van der Waals surface area contributed by atoms with Gasteiger partial charge in [-0.15, -0.1) is 0 Å². The fourth-order valence-corrected chi connectivity index (χ4v) is 2.37. The smallest absolute Gasteiger partial charge is 0.262 e. The van der Waals surface area contributed by atoms with Crippen LogP contribution in [0.25, 0.3) is 0 Å². The molecule has 0 spiro atoms.